The molecule has 0 spiro atoms. The van der Waals surface area contributed by atoms with Crippen LogP contribution in [-0.4, -0.2) is 53.5 Å². The standard InChI is InChI=1S/C24H28N2O5/c1-4-11-29-19-9-7-18(8-10-19)21-22(25-13-16(2)31-17(3)14-25)24(28)26(23(21)27)15-20-6-5-12-30-20/h5-10,12,16-17H,4,11,13-15H2,1-3H3. The van der Waals surface area contributed by atoms with E-state index in [2.05, 4.69) is 0 Å². The minimum absolute atomic E-state index is 0.0376. The highest BCUT2D eigenvalue weighted by atomic mass is 16.5. The molecule has 2 aliphatic rings. The van der Waals surface area contributed by atoms with Crippen molar-refractivity contribution in [2.24, 2.45) is 0 Å². The van der Waals surface area contributed by atoms with Crippen LogP contribution >= 0.6 is 0 Å². The van der Waals surface area contributed by atoms with Gasteiger partial charge in [-0.15, -0.1) is 0 Å². The summed E-state index contributed by atoms with van der Waals surface area (Å²) in [6, 6.07) is 10.9. The number of carbonyl (C=O) groups is 2. The minimum Gasteiger partial charge on any atom is -0.494 e. The first-order chi connectivity index (χ1) is 15.0. The number of hydrogen-bond donors (Lipinski definition) is 0. The van der Waals surface area contributed by atoms with E-state index in [0.29, 0.717) is 42.3 Å². The van der Waals surface area contributed by atoms with Crippen molar-refractivity contribution in [1.82, 2.24) is 9.80 Å². The summed E-state index contributed by atoms with van der Waals surface area (Å²) in [6.45, 7) is 7.83. The molecule has 0 saturated carbocycles. The van der Waals surface area contributed by atoms with Crippen LogP contribution in [0.1, 0.15) is 38.5 Å². The van der Waals surface area contributed by atoms with Crippen LogP contribution < -0.4 is 4.74 Å². The summed E-state index contributed by atoms with van der Waals surface area (Å²) in [4.78, 5) is 30.1. The number of furan rings is 1. The van der Waals surface area contributed by atoms with Crippen LogP contribution in [0.4, 0.5) is 0 Å². The summed E-state index contributed by atoms with van der Waals surface area (Å²) in [7, 11) is 0. The number of morpholine rings is 1. The average Bonchev–Trinajstić information content (AvgIpc) is 3.34. The van der Waals surface area contributed by atoms with Gasteiger partial charge in [-0.1, -0.05) is 19.1 Å². The van der Waals surface area contributed by atoms with Gasteiger partial charge in [0.05, 0.1) is 37.2 Å². The second-order valence-electron chi connectivity index (χ2n) is 8.03. The third kappa shape index (κ3) is 4.37. The summed E-state index contributed by atoms with van der Waals surface area (Å²) in [5.74, 6) is 0.689. The summed E-state index contributed by atoms with van der Waals surface area (Å²) in [6.07, 6.45) is 2.38. The molecule has 2 aliphatic heterocycles. The van der Waals surface area contributed by atoms with Crippen molar-refractivity contribution >= 4 is 17.4 Å². The molecule has 2 amide bonds. The molecule has 2 aromatic rings. The van der Waals surface area contributed by atoms with E-state index < -0.39 is 0 Å². The number of nitrogens with zero attached hydrogens (tertiary/aromatic N) is 2. The molecule has 0 radical (unpaired) electrons. The van der Waals surface area contributed by atoms with Gasteiger partial charge in [0.25, 0.3) is 11.8 Å². The fourth-order valence-electron chi connectivity index (χ4n) is 4.12. The molecular weight excluding hydrogens is 396 g/mol. The van der Waals surface area contributed by atoms with E-state index in [1.807, 2.05) is 49.9 Å². The number of carbonyl (C=O) groups excluding carboxylic acids is 2. The van der Waals surface area contributed by atoms with Gasteiger partial charge in [-0.2, -0.15) is 0 Å². The molecule has 1 fully saturated rings. The van der Waals surface area contributed by atoms with Crippen LogP contribution in [0.3, 0.4) is 0 Å². The highest BCUT2D eigenvalue weighted by Crippen LogP contribution is 2.34. The fraction of sp³-hybridized carbons (Fsp3) is 0.417. The number of imide groups is 1. The smallest absolute Gasteiger partial charge is 0.278 e. The van der Waals surface area contributed by atoms with Crippen LogP contribution in [-0.2, 0) is 20.9 Å². The van der Waals surface area contributed by atoms with Gasteiger partial charge in [0.2, 0.25) is 0 Å². The molecular formula is C24H28N2O5. The lowest BCUT2D eigenvalue weighted by Crippen LogP contribution is -2.46. The molecule has 31 heavy (non-hydrogen) atoms. The number of hydrogen-bond acceptors (Lipinski definition) is 6. The summed E-state index contributed by atoms with van der Waals surface area (Å²) in [5.41, 5.74) is 1.55. The molecule has 2 unspecified atom stereocenters. The maximum Gasteiger partial charge on any atom is 0.278 e. The van der Waals surface area contributed by atoms with Crippen LogP contribution in [0.2, 0.25) is 0 Å². The van der Waals surface area contributed by atoms with E-state index in [4.69, 9.17) is 13.9 Å². The molecule has 1 aromatic carbocycles. The molecule has 1 saturated heterocycles. The van der Waals surface area contributed by atoms with Gasteiger partial charge in [-0.3, -0.25) is 14.5 Å². The predicted molar refractivity (Wildman–Crippen MR) is 115 cm³/mol. The lowest BCUT2D eigenvalue weighted by atomic mass is 10.0. The summed E-state index contributed by atoms with van der Waals surface area (Å²) in [5, 5.41) is 0. The molecule has 7 nitrogen and oxygen atoms in total. The van der Waals surface area contributed by atoms with Crippen LogP contribution in [0.5, 0.6) is 5.75 Å². The van der Waals surface area contributed by atoms with E-state index in [-0.39, 0.29) is 30.6 Å². The zero-order chi connectivity index (χ0) is 22.0. The Bertz CT molecular complexity index is 954. The van der Waals surface area contributed by atoms with Crippen molar-refractivity contribution in [3.8, 4) is 5.75 Å². The Balaban J connectivity index is 1.70. The van der Waals surface area contributed by atoms with Crippen LogP contribution in [0.15, 0.2) is 52.8 Å². The average molecular weight is 424 g/mol. The van der Waals surface area contributed by atoms with E-state index in [1.165, 1.54) is 11.2 Å². The normalized spacial score (nSPS) is 21.9. The molecule has 0 N–H and O–H groups in total. The number of amides is 2. The lowest BCUT2D eigenvalue weighted by molar-refractivity contribution is -0.139. The van der Waals surface area contributed by atoms with Crippen molar-refractivity contribution in [2.45, 2.75) is 45.9 Å². The van der Waals surface area contributed by atoms with Gasteiger partial charge >= 0.3 is 0 Å². The second-order valence-corrected chi connectivity index (χ2v) is 8.03. The first-order valence-corrected chi connectivity index (χ1v) is 10.7. The maximum atomic E-state index is 13.4. The fourth-order valence-corrected chi connectivity index (χ4v) is 4.12. The minimum atomic E-state index is -0.314. The highest BCUT2D eigenvalue weighted by Gasteiger charge is 2.43. The Morgan fingerprint density at radius 1 is 1.03 bits per heavy atom. The molecule has 3 heterocycles. The van der Waals surface area contributed by atoms with Gasteiger partial charge in [0, 0.05) is 13.1 Å². The van der Waals surface area contributed by atoms with Gasteiger partial charge in [0.15, 0.2) is 0 Å². The lowest BCUT2D eigenvalue weighted by Gasteiger charge is -2.37. The summed E-state index contributed by atoms with van der Waals surface area (Å²) < 4.78 is 16.9. The number of rotatable bonds is 7. The Kier molecular flexibility index (Phi) is 6.13. The third-order valence-electron chi connectivity index (χ3n) is 5.39. The molecule has 4 rings (SSSR count). The van der Waals surface area contributed by atoms with Crippen molar-refractivity contribution in [3.05, 3.63) is 59.7 Å². The Labute approximate surface area is 182 Å². The predicted octanol–water partition coefficient (Wildman–Crippen LogP) is 3.46. The first kappa shape index (κ1) is 21.2. The molecule has 1 aromatic heterocycles. The number of benzene rings is 1. The third-order valence-corrected chi connectivity index (χ3v) is 5.39. The SMILES string of the molecule is CCCOc1ccc(C2=C(N3CC(C)OC(C)C3)C(=O)N(Cc3ccco3)C2=O)cc1. The van der Waals surface area contributed by atoms with Crippen molar-refractivity contribution in [1.29, 1.82) is 0 Å². The first-order valence-electron chi connectivity index (χ1n) is 10.7. The maximum absolute atomic E-state index is 13.4. The Morgan fingerprint density at radius 3 is 2.35 bits per heavy atom. The van der Waals surface area contributed by atoms with Gasteiger partial charge in [-0.25, -0.2) is 0 Å². The van der Waals surface area contributed by atoms with E-state index in [0.717, 1.165) is 12.2 Å². The van der Waals surface area contributed by atoms with E-state index in [1.54, 1.807) is 12.1 Å². The topological polar surface area (TPSA) is 72.2 Å². The second kappa shape index (κ2) is 8.98. The summed E-state index contributed by atoms with van der Waals surface area (Å²) >= 11 is 0. The molecule has 7 heteroatoms. The van der Waals surface area contributed by atoms with Crippen molar-refractivity contribution in [2.75, 3.05) is 19.7 Å². The highest BCUT2D eigenvalue weighted by molar-refractivity contribution is 6.35. The number of ether oxygens (including phenoxy) is 2. The van der Waals surface area contributed by atoms with Gasteiger partial charge in [-0.05, 0) is 50.1 Å². The molecule has 0 bridgehead atoms. The van der Waals surface area contributed by atoms with Crippen LogP contribution in [0, 0.1) is 0 Å². The molecule has 0 aliphatic carbocycles. The largest absolute Gasteiger partial charge is 0.494 e. The van der Waals surface area contributed by atoms with E-state index in [9.17, 15) is 9.59 Å². The monoisotopic (exact) mass is 424 g/mol. The zero-order valence-electron chi connectivity index (χ0n) is 18.2. The Morgan fingerprint density at radius 2 is 1.74 bits per heavy atom. The van der Waals surface area contributed by atoms with Crippen molar-refractivity contribution < 1.29 is 23.5 Å². The quantitative estimate of drug-likeness (QED) is 0.634. The van der Waals surface area contributed by atoms with Gasteiger partial charge < -0.3 is 18.8 Å². The van der Waals surface area contributed by atoms with Crippen LogP contribution in [0.25, 0.3) is 5.57 Å². The zero-order valence-corrected chi connectivity index (χ0v) is 18.2. The van der Waals surface area contributed by atoms with E-state index >= 15 is 0 Å². The Hall–Kier alpha value is -3.06. The van der Waals surface area contributed by atoms with Gasteiger partial charge in [0.1, 0.15) is 17.2 Å². The van der Waals surface area contributed by atoms with Crippen molar-refractivity contribution in [3.63, 3.8) is 0 Å². The molecule has 164 valence electrons. The molecule has 2 atom stereocenters.